The van der Waals surface area contributed by atoms with E-state index >= 15 is 0 Å². The molecule has 1 fully saturated rings. The van der Waals surface area contributed by atoms with Crippen LogP contribution in [0.1, 0.15) is 12.8 Å². The molecule has 6 nitrogen and oxygen atoms in total. The second-order valence-corrected chi connectivity index (χ2v) is 6.60. The molecule has 2 aromatic heterocycles. The van der Waals surface area contributed by atoms with Crippen molar-refractivity contribution in [3.8, 4) is 10.7 Å². The van der Waals surface area contributed by atoms with E-state index in [0.29, 0.717) is 11.7 Å². The lowest BCUT2D eigenvalue weighted by molar-refractivity contribution is -0.133. The van der Waals surface area contributed by atoms with Crippen molar-refractivity contribution in [2.45, 2.75) is 30.6 Å². The summed E-state index contributed by atoms with van der Waals surface area (Å²) in [5, 5.41) is 19.8. The maximum Gasteiger partial charge on any atom is 0.313 e. The molecule has 1 unspecified atom stereocenters. The number of hydrogen-bond donors (Lipinski definition) is 1. The standard InChI is InChI=1S/C13H15N3O3S2/c17-11(18)8-21-13-15-14-12(10-4-2-6-20-10)16(13)7-9-3-1-5-19-9/h2,4,6,9H,1,3,5,7-8H2,(H,17,18). The fraction of sp³-hybridized carbons (Fsp3) is 0.462. The molecule has 0 radical (unpaired) electrons. The number of thiophene rings is 1. The van der Waals surface area contributed by atoms with E-state index in [2.05, 4.69) is 10.2 Å². The Labute approximate surface area is 130 Å². The Hall–Kier alpha value is -1.38. The van der Waals surface area contributed by atoms with Gasteiger partial charge in [0.05, 0.1) is 23.3 Å². The van der Waals surface area contributed by atoms with Crippen molar-refractivity contribution in [2.24, 2.45) is 0 Å². The minimum absolute atomic E-state index is 0.0197. The van der Waals surface area contributed by atoms with Gasteiger partial charge in [0.15, 0.2) is 11.0 Å². The van der Waals surface area contributed by atoms with E-state index in [4.69, 9.17) is 9.84 Å². The highest BCUT2D eigenvalue weighted by atomic mass is 32.2. The second kappa shape index (κ2) is 6.59. The number of thioether (sulfide) groups is 1. The molecule has 21 heavy (non-hydrogen) atoms. The largest absolute Gasteiger partial charge is 0.481 e. The van der Waals surface area contributed by atoms with E-state index in [1.165, 1.54) is 11.8 Å². The zero-order chi connectivity index (χ0) is 14.7. The first kappa shape index (κ1) is 14.6. The van der Waals surface area contributed by atoms with Crippen LogP contribution >= 0.6 is 23.1 Å². The number of aromatic nitrogens is 3. The second-order valence-electron chi connectivity index (χ2n) is 4.71. The molecule has 0 spiro atoms. The zero-order valence-corrected chi connectivity index (χ0v) is 12.9. The van der Waals surface area contributed by atoms with Gasteiger partial charge in [0.1, 0.15) is 0 Å². The number of ether oxygens (including phenoxy) is 1. The third-order valence-corrected chi connectivity index (χ3v) is 5.01. The van der Waals surface area contributed by atoms with Gasteiger partial charge in [-0.3, -0.25) is 9.36 Å². The third kappa shape index (κ3) is 3.45. The van der Waals surface area contributed by atoms with Crippen LogP contribution < -0.4 is 0 Å². The Morgan fingerprint density at radius 2 is 2.48 bits per heavy atom. The lowest BCUT2D eigenvalue weighted by Gasteiger charge is -2.13. The molecule has 1 atom stereocenters. The summed E-state index contributed by atoms with van der Waals surface area (Å²) in [6, 6.07) is 3.96. The maximum absolute atomic E-state index is 10.8. The molecule has 8 heteroatoms. The monoisotopic (exact) mass is 325 g/mol. The number of carboxylic acids is 1. The van der Waals surface area contributed by atoms with Gasteiger partial charge in [-0.2, -0.15) is 0 Å². The topological polar surface area (TPSA) is 77.2 Å². The Morgan fingerprint density at radius 3 is 3.14 bits per heavy atom. The van der Waals surface area contributed by atoms with Gasteiger partial charge >= 0.3 is 5.97 Å². The summed E-state index contributed by atoms with van der Waals surface area (Å²) >= 11 is 2.79. The van der Waals surface area contributed by atoms with Gasteiger partial charge in [-0.15, -0.1) is 21.5 Å². The van der Waals surface area contributed by atoms with Crippen molar-refractivity contribution in [3.05, 3.63) is 17.5 Å². The number of carboxylic acid groups (broad SMARTS) is 1. The molecule has 2 aromatic rings. The Kier molecular flexibility index (Phi) is 4.57. The SMILES string of the molecule is O=C(O)CSc1nnc(-c2cccs2)n1CC1CCCO1. The minimum atomic E-state index is -0.857. The number of hydrogen-bond acceptors (Lipinski definition) is 6. The van der Waals surface area contributed by atoms with E-state index < -0.39 is 5.97 Å². The van der Waals surface area contributed by atoms with Gasteiger partial charge in [0, 0.05) is 6.61 Å². The van der Waals surface area contributed by atoms with Crippen LogP contribution in [0, 0.1) is 0 Å². The van der Waals surface area contributed by atoms with Crippen molar-refractivity contribution in [2.75, 3.05) is 12.4 Å². The van der Waals surface area contributed by atoms with Crippen molar-refractivity contribution in [1.29, 1.82) is 0 Å². The first-order valence-corrected chi connectivity index (χ1v) is 8.54. The molecule has 3 rings (SSSR count). The van der Waals surface area contributed by atoms with E-state index in [9.17, 15) is 4.79 Å². The predicted octanol–water partition coefficient (Wildman–Crippen LogP) is 2.36. The van der Waals surface area contributed by atoms with Crippen LogP contribution in [0.15, 0.2) is 22.7 Å². The first-order chi connectivity index (χ1) is 10.2. The molecular weight excluding hydrogens is 310 g/mol. The fourth-order valence-electron chi connectivity index (χ4n) is 2.27. The summed E-state index contributed by atoms with van der Waals surface area (Å²) in [5.41, 5.74) is 0. The molecular formula is C13H15N3O3S2. The highest BCUT2D eigenvalue weighted by Gasteiger charge is 2.22. The van der Waals surface area contributed by atoms with Crippen molar-refractivity contribution >= 4 is 29.1 Å². The normalized spacial score (nSPS) is 18.2. The van der Waals surface area contributed by atoms with Crippen LogP contribution in [-0.2, 0) is 16.1 Å². The minimum Gasteiger partial charge on any atom is -0.481 e. The number of carbonyl (C=O) groups is 1. The van der Waals surface area contributed by atoms with Crippen LogP contribution in [0.25, 0.3) is 10.7 Å². The average Bonchev–Trinajstić information content (AvgIpc) is 3.18. The molecule has 1 aliphatic rings. The van der Waals surface area contributed by atoms with Crippen LogP contribution in [0.2, 0.25) is 0 Å². The first-order valence-electron chi connectivity index (χ1n) is 6.67. The van der Waals surface area contributed by atoms with Crippen LogP contribution in [0.5, 0.6) is 0 Å². The summed E-state index contributed by atoms with van der Waals surface area (Å²) in [5.74, 6) is -0.0913. The molecule has 0 bridgehead atoms. The molecule has 0 aliphatic carbocycles. The third-order valence-electron chi connectivity index (χ3n) is 3.19. The summed E-state index contributed by atoms with van der Waals surface area (Å²) in [6.45, 7) is 1.46. The number of rotatable bonds is 6. The smallest absolute Gasteiger partial charge is 0.313 e. The summed E-state index contributed by atoms with van der Waals surface area (Å²) < 4.78 is 7.66. The molecule has 112 valence electrons. The Bertz CT molecular complexity index is 606. The van der Waals surface area contributed by atoms with Gasteiger partial charge in [-0.25, -0.2) is 0 Å². The van der Waals surface area contributed by atoms with Crippen LogP contribution in [-0.4, -0.2) is 44.3 Å². The van der Waals surface area contributed by atoms with E-state index in [-0.39, 0.29) is 11.9 Å². The van der Waals surface area contributed by atoms with Gasteiger partial charge in [0.2, 0.25) is 0 Å². The van der Waals surface area contributed by atoms with Crippen molar-refractivity contribution in [3.63, 3.8) is 0 Å². The lowest BCUT2D eigenvalue weighted by Crippen LogP contribution is -2.16. The van der Waals surface area contributed by atoms with Gasteiger partial charge in [-0.05, 0) is 24.3 Å². The fourth-order valence-corrected chi connectivity index (χ4v) is 3.65. The maximum atomic E-state index is 10.8. The van der Waals surface area contributed by atoms with Crippen LogP contribution in [0.4, 0.5) is 0 Å². The van der Waals surface area contributed by atoms with Crippen molar-refractivity contribution in [1.82, 2.24) is 14.8 Å². The Morgan fingerprint density at radius 1 is 1.57 bits per heavy atom. The molecule has 0 saturated carbocycles. The zero-order valence-electron chi connectivity index (χ0n) is 11.3. The highest BCUT2D eigenvalue weighted by Crippen LogP contribution is 2.28. The highest BCUT2D eigenvalue weighted by molar-refractivity contribution is 7.99. The number of nitrogens with zero attached hydrogens (tertiary/aromatic N) is 3. The quantitative estimate of drug-likeness (QED) is 0.822. The lowest BCUT2D eigenvalue weighted by atomic mass is 10.2. The van der Waals surface area contributed by atoms with Gasteiger partial charge in [0.25, 0.3) is 0 Å². The van der Waals surface area contributed by atoms with E-state index in [0.717, 1.165) is 30.2 Å². The van der Waals surface area contributed by atoms with Gasteiger partial charge < -0.3 is 9.84 Å². The van der Waals surface area contributed by atoms with E-state index in [1.54, 1.807) is 11.3 Å². The van der Waals surface area contributed by atoms with Crippen LogP contribution in [0.3, 0.4) is 0 Å². The van der Waals surface area contributed by atoms with Crippen molar-refractivity contribution < 1.29 is 14.6 Å². The van der Waals surface area contributed by atoms with Gasteiger partial charge in [-0.1, -0.05) is 17.8 Å². The molecule has 1 N–H and O–H groups in total. The summed E-state index contributed by atoms with van der Waals surface area (Å²) in [7, 11) is 0. The molecule has 3 heterocycles. The number of aliphatic carboxylic acids is 1. The molecule has 1 aliphatic heterocycles. The summed E-state index contributed by atoms with van der Waals surface area (Å²) in [6.07, 6.45) is 2.24. The molecule has 1 saturated heterocycles. The Balaban J connectivity index is 1.86. The molecule has 0 aromatic carbocycles. The summed E-state index contributed by atoms with van der Waals surface area (Å²) in [4.78, 5) is 11.8. The molecule has 0 amide bonds. The average molecular weight is 325 g/mol. The van der Waals surface area contributed by atoms with E-state index in [1.807, 2.05) is 22.1 Å². The predicted molar refractivity (Wildman–Crippen MR) is 80.7 cm³/mol.